The molecule has 0 atom stereocenters. The summed E-state index contributed by atoms with van der Waals surface area (Å²) in [6, 6.07) is 9.58. The number of hydrogen-bond donors (Lipinski definition) is 1. The molecule has 1 aliphatic rings. The van der Waals surface area contributed by atoms with Gasteiger partial charge >= 0.3 is 0 Å². The molecule has 0 aliphatic carbocycles. The number of nitrogens with zero attached hydrogens (tertiary/aromatic N) is 2. The van der Waals surface area contributed by atoms with Crippen LogP contribution in [0, 0.1) is 5.92 Å². The van der Waals surface area contributed by atoms with Gasteiger partial charge in [0, 0.05) is 31.4 Å². The second-order valence-electron chi connectivity index (χ2n) is 6.37. The number of rotatable bonds is 5. The van der Waals surface area contributed by atoms with E-state index in [-0.39, 0.29) is 11.8 Å². The molecule has 0 unspecified atom stereocenters. The lowest BCUT2D eigenvalue weighted by molar-refractivity contribution is -0.126. The molecule has 1 aliphatic heterocycles. The van der Waals surface area contributed by atoms with Gasteiger partial charge in [0.25, 0.3) is 0 Å². The molecular weight excluding hydrogens is 357 g/mol. The molecule has 0 saturated carbocycles. The van der Waals surface area contributed by atoms with Crippen molar-refractivity contribution in [2.24, 2.45) is 5.92 Å². The van der Waals surface area contributed by atoms with E-state index in [0.717, 1.165) is 43.6 Å². The maximum Gasteiger partial charge on any atom is 0.223 e. The molecule has 1 aromatic heterocycles. The number of aromatic nitrogens is 1. The van der Waals surface area contributed by atoms with Gasteiger partial charge in [-0.15, -0.1) is 0 Å². The molecule has 25 heavy (non-hydrogen) atoms. The maximum absolute atomic E-state index is 12.3. The van der Waals surface area contributed by atoms with Crippen LogP contribution in [-0.4, -0.2) is 28.9 Å². The van der Waals surface area contributed by atoms with Crippen LogP contribution in [0.3, 0.4) is 0 Å². The van der Waals surface area contributed by atoms with Gasteiger partial charge in [-0.25, -0.2) is 0 Å². The summed E-state index contributed by atoms with van der Waals surface area (Å²) in [4.78, 5) is 18.7. The number of nitrogens with one attached hydrogen (secondary N) is 1. The van der Waals surface area contributed by atoms with Gasteiger partial charge in [-0.1, -0.05) is 29.3 Å². The number of amides is 1. The first-order valence-corrected chi connectivity index (χ1v) is 9.20. The SMILES string of the molecule is O=C(NCc1ccncc1)C1CCN(Cc2ccc(Cl)c(Cl)c2)CC1. The summed E-state index contributed by atoms with van der Waals surface area (Å²) in [5.74, 6) is 0.234. The van der Waals surface area contributed by atoms with E-state index in [4.69, 9.17) is 23.2 Å². The zero-order chi connectivity index (χ0) is 17.6. The van der Waals surface area contributed by atoms with Crippen LogP contribution in [-0.2, 0) is 17.9 Å². The molecule has 0 radical (unpaired) electrons. The minimum Gasteiger partial charge on any atom is -0.352 e. The third-order valence-corrected chi connectivity index (χ3v) is 5.30. The summed E-state index contributed by atoms with van der Waals surface area (Å²) in [5.41, 5.74) is 2.22. The highest BCUT2D eigenvalue weighted by Crippen LogP contribution is 2.25. The topological polar surface area (TPSA) is 45.2 Å². The van der Waals surface area contributed by atoms with Gasteiger partial charge in [-0.05, 0) is 61.3 Å². The fraction of sp³-hybridized carbons (Fsp3) is 0.368. The van der Waals surface area contributed by atoms with Crippen LogP contribution in [0.15, 0.2) is 42.7 Å². The zero-order valence-electron chi connectivity index (χ0n) is 13.9. The monoisotopic (exact) mass is 377 g/mol. The highest BCUT2D eigenvalue weighted by atomic mass is 35.5. The van der Waals surface area contributed by atoms with Crippen molar-refractivity contribution < 1.29 is 4.79 Å². The van der Waals surface area contributed by atoms with Crippen molar-refractivity contribution in [3.63, 3.8) is 0 Å². The summed E-state index contributed by atoms with van der Waals surface area (Å²) in [5, 5.41) is 4.20. The van der Waals surface area contributed by atoms with Gasteiger partial charge in [0.05, 0.1) is 10.0 Å². The summed E-state index contributed by atoms with van der Waals surface area (Å²) in [6.07, 6.45) is 5.24. The largest absolute Gasteiger partial charge is 0.352 e. The Morgan fingerprint density at radius 2 is 1.80 bits per heavy atom. The summed E-state index contributed by atoms with van der Waals surface area (Å²) < 4.78 is 0. The van der Waals surface area contributed by atoms with E-state index in [1.165, 1.54) is 0 Å². The fourth-order valence-electron chi connectivity index (χ4n) is 3.08. The Bertz CT molecular complexity index is 716. The smallest absolute Gasteiger partial charge is 0.223 e. The maximum atomic E-state index is 12.3. The lowest BCUT2D eigenvalue weighted by atomic mass is 9.95. The molecule has 2 aromatic rings. The summed E-state index contributed by atoms with van der Waals surface area (Å²) in [7, 11) is 0. The highest BCUT2D eigenvalue weighted by Gasteiger charge is 2.24. The molecule has 1 N–H and O–H groups in total. The summed E-state index contributed by atoms with van der Waals surface area (Å²) in [6.45, 7) is 3.22. The van der Waals surface area contributed by atoms with Crippen LogP contribution >= 0.6 is 23.2 Å². The molecule has 6 heteroatoms. The molecule has 0 bridgehead atoms. The number of hydrogen-bond acceptors (Lipinski definition) is 3. The Morgan fingerprint density at radius 3 is 2.48 bits per heavy atom. The van der Waals surface area contributed by atoms with E-state index in [1.807, 2.05) is 30.3 Å². The Balaban J connectivity index is 1.44. The molecule has 2 heterocycles. The van der Waals surface area contributed by atoms with Crippen LogP contribution in [0.5, 0.6) is 0 Å². The van der Waals surface area contributed by atoms with E-state index in [2.05, 4.69) is 15.2 Å². The first-order chi connectivity index (χ1) is 12.1. The third-order valence-electron chi connectivity index (χ3n) is 4.56. The van der Waals surface area contributed by atoms with Crippen molar-refractivity contribution in [3.8, 4) is 0 Å². The molecule has 1 saturated heterocycles. The molecular formula is C19H21Cl2N3O. The van der Waals surface area contributed by atoms with Crippen LogP contribution < -0.4 is 5.32 Å². The Kier molecular flexibility index (Phi) is 6.29. The molecule has 1 aromatic carbocycles. The van der Waals surface area contributed by atoms with Crippen molar-refractivity contribution in [2.45, 2.75) is 25.9 Å². The number of benzene rings is 1. The van der Waals surface area contributed by atoms with E-state index >= 15 is 0 Å². The highest BCUT2D eigenvalue weighted by molar-refractivity contribution is 6.42. The number of piperidine rings is 1. The minimum absolute atomic E-state index is 0.0897. The van der Waals surface area contributed by atoms with E-state index in [0.29, 0.717) is 16.6 Å². The van der Waals surface area contributed by atoms with Gasteiger partial charge < -0.3 is 5.32 Å². The molecule has 132 valence electrons. The lowest BCUT2D eigenvalue weighted by Crippen LogP contribution is -2.40. The van der Waals surface area contributed by atoms with E-state index in [9.17, 15) is 4.79 Å². The predicted molar refractivity (Wildman–Crippen MR) is 101 cm³/mol. The third kappa shape index (κ3) is 5.18. The fourth-order valence-corrected chi connectivity index (χ4v) is 3.40. The zero-order valence-corrected chi connectivity index (χ0v) is 15.4. The van der Waals surface area contributed by atoms with Crippen LogP contribution in [0.1, 0.15) is 24.0 Å². The average molecular weight is 378 g/mol. The van der Waals surface area contributed by atoms with Crippen molar-refractivity contribution >= 4 is 29.1 Å². The summed E-state index contributed by atoms with van der Waals surface area (Å²) >= 11 is 12.0. The lowest BCUT2D eigenvalue weighted by Gasteiger charge is -2.31. The number of halogens is 2. The van der Waals surface area contributed by atoms with Crippen molar-refractivity contribution in [1.82, 2.24) is 15.2 Å². The molecule has 4 nitrogen and oxygen atoms in total. The molecule has 1 amide bonds. The van der Waals surface area contributed by atoms with Gasteiger partial charge in [0.1, 0.15) is 0 Å². The van der Waals surface area contributed by atoms with Crippen LogP contribution in [0.2, 0.25) is 10.0 Å². The Hall–Kier alpha value is -1.62. The minimum atomic E-state index is 0.0897. The number of likely N-dealkylation sites (tertiary alicyclic amines) is 1. The number of carbonyl (C=O) groups is 1. The van der Waals surface area contributed by atoms with E-state index in [1.54, 1.807) is 12.4 Å². The molecule has 3 rings (SSSR count). The first-order valence-electron chi connectivity index (χ1n) is 8.45. The van der Waals surface area contributed by atoms with Gasteiger partial charge in [-0.2, -0.15) is 0 Å². The molecule has 0 spiro atoms. The second-order valence-corrected chi connectivity index (χ2v) is 7.19. The number of carbonyl (C=O) groups excluding carboxylic acids is 1. The molecule has 1 fully saturated rings. The first kappa shape index (κ1) is 18.2. The van der Waals surface area contributed by atoms with E-state index < -0.39 is 0 Å². The Labute approximate surface area is 158 Å². The number of pyridine rings is 1. The van der Waals surface area contributed by atoms with Crippen LogP contribution in [0.4, 0.5) is 0 Å². The normalized spacial score (nSPS) is 15.9. The van der Waals surface area contributed by atoms with Crippen molar-refractivity contribution in [1.29, 1.82) is 0 Å². The van der Waals surface area contributed by atoms with Crippen molar-refractivity contribution in [3.05, 3.63) is 63.9 Å². The van der Waals surface area contributed by atoms with Gasteiger partial charge in [0.15, 0.2) is 0 Å². The Morgan fingerprint density at radius 1 is 1.08 bits per heavy atom. The van der Waals surface area contributed by atoms with Crippen molar-refractivity contribution in [2.75, 3.05) is 13.1 Å². The van der Waals surface area contributed by atoms with Gasteiger partial charge in [0.2, 0.25) is 5.91 Å². The average Bonchev–Trinajstić information content (AvgIpc) is 2.64. The standard InChI is InChI=1S/C19H21Cl2N3O/c20-17-2-1-15(11-18(17)21)13-24-9-5-16(6-10-24)19(25)23-12-14-3-7-22-8-4-14/h1-4,7-8,11,16H,5-6,9-10,12-13H2,(H,23,25). The quantitative estimate of drug-likeness (QED) is 0.858. The second kappa shape index (κ2) is 8.65. The van der Waals surface area contributed by atoms with Gasteiger partial charge in [-0.3, -0.25) is 14.7 Å². The van der Waals surface area contributed by atoms with Crippen LogP contribution in [0.25, 0.3) is 0 Å². The predicted octanol–water partition coefficient (Wildman–Crippen LogP) is 3.92.